The van der Waals surface area contributed by atoms with Gasteiger partial charge in [0.1, 0.15) is 0 Å². The van der Waals surface area contributed by atoms with Crippen molar-refractivity contribution in [2.45, 2.75) is 6.10 Å². The van der Waals surface area contributed by atoms with E-state index in [1.165, 1.54) is 13.2 Å². The van der Waals surface area contributed by atoms with Crippen LogP contribution >= 0.6 is 0 Å². The molecule has 1 aromatic rings. The highest BCUT2D eigenvalue weighted by molar-refractivity contribution is 5.97. The molecule has 6 nitrogen and oxygen atoms in total. The van der Waals surface area contributed by atoms with Crippen LogP contribution in [0.5, 0.6) is 11.5 Å². The van der Waals surface area contributed by atoms with Crippen LogP contribution in [-0.2, 0) is 9.47 Å². The number of hydrogen-bond donors (Lipinski definition) is 2. The first-order valence-corrected chi connectivity index (χ1v) is 5.80. The fourth-order valence-corrected chi connectivity index (χ4v) is 1.57. The number of methoxy groups -OCH3 is 3. The smallest absolute Gasteiger partial charge is 0.255 e. The minimum absolute atomic E-state index is 0.159. The van der Waals surface area contributed by atoms with Gasteiger partial charge >= 0.3 is 0 Å². The van der Waals surface area contributed by atoms with E-state index in [1.54, 1.807) is 26.4 Å². The van der Waals surface area contributed by atoms with Crippen molar-refractivity contribution in [1.82, 2.24) is 5.32 Å². The lowest BCUT2D eigenvalue weighted by Gasteiger charge is -2.15. The van der Waals surface area contributed by atoms with Gasteiger partial charge in [0, 0.05) is 20.8 Å². The van der Waals surface area contributed by atoms with Crippen molar-refractivity contribution in [3.63, 3.8) is 0 Å². The molecule has 6 heteroatoms. The Labute approximate surface area is 112 Å². The molecule has 0 saturated heterocycles. The first kappa shape index (κ1) is 15.3. The fourth-order valence-electron chi connectivity index (χ4n) is 1.57. The van der Waals surface area contributed by atoms with Gasteiger partial charge in [-0.1, -0.05) is 6.07 Å². The summed E-state index contributed by atoms with van der Waals surface area (Å²) in [4.78, 5) is 11.9. The van der Waals surface area contributed by atoms with E-state index in [-0.39, 0.29) is 23.2 Å². The summed E-state index contributed by atoms with van der Waals surface area (Å²) in [6.07, 6.45) is -0.235. The topological polar surface area (TPSA) is 77.0 Å². The van der Waals surface area contributed by atoms with E-state index in [0.717, 1.165) is 0 Å². The van der Waals surface area contributed by atoms with Crippen LogP contribution in [0.3, 0.4) is 0 Å². The second-order valence-corrected chi connectivity index (χ2v) is 3.88. The molecular formula is C13H19NO5. The van der Waals surface area contributed by atoms with Crippen LogP contribution in [0, 0.1) is 0 Å². The lowest BCUT2D eigenvalue weighted by molar-refractivity contribution is 0.0285. The van der Waals surface area contributed by atoms with E-state index in [4.69, 9.17) is 14.2 Å². The zero-order valence-corrected chi connectivity index (χ0v) is 11.3. The summed E-state index contributed by atoms with van der Waals surface area (Å²) < 4.78 is 15.0. The lowest BCUT2D eigenvalue weighted by Crippen LogP contribution is -2.35. The lowest BCUT2D eigenvalue weighted by atomic mass is 10.1. The Balaban J connectivity index is 2.68. The van der Waals surface area contributed by atoms with Crippen LogP contribution in [0.15, 0.2) is 18.2 Å². The SMILES string of the molecule is COCC(CNC(=O)c1cccc(OC)c1O)OC. The van der Waals surface area contributed by atoms with Crippen LogP contribution < -0.4 is 10.1 Å². The molecule has 1 atom stereocenters. The van der Waals surface area contributed by atoms with Crippen molar-refractivity contribution in [2.75, 3.05) is 34.5 Å². The number of rotatable bonds is 7. The van der Waals surface area contributed by atoms with Gasteiger partial charge in [-0.3, -0.25) is 4.79 Å². The summed E-state index contributed by atoms with van der Waals surface area (Å²) in [6, 6.07) is 4.73. The number of hydrogen-bond acceptors (Lipinski definition) is 5. The van der Waals surface area contributed by atoms with Gasteiger partial charge in [0.05, 0.1) is 25.4 Å². The molecule has 106 valence electrons. The van der Waals surface area contributed by atoms with Crippen molar-refractivity contribution in [3.05, 3.63) is 23.8 Å². The zero-order valence-electron chi connectivity index (χ0n) is 11.3. The Morgan fingerprint density at radius 2 is 2.11 bits per heavy atom. The molecule has 0 spiro atoms. The van der Waals surface area contributed by atoms with Crippen LogP contribution in [0.1, 0.15) is 10.4 Å². The number of phenols is 1. The monoisotopic (exact) mass is 269 g/mol. The Morgan fingerprint density at radius 3 is 2.68 bits per heavy atom. The van der Waals surface area contributed by atoms with Crippen molar-refractivity contribution in [2.24, 2.45) is 0 Å². The Hall–Kier alpha value is -1.79. The van der Waals surface area contributed by atoms with E-state index >= 15 is 0 Å². The van der Waals surface area contributed by atoms with E-state index in [1.807, 2.05) is 0 Å². The number of phenolic OH excluding ortho intramolecular Hbond substituents is 1. The van der Waals surface area contributed by atoms with Gasteiger partial charge in [0.25, 0.3) is 5.91 Å². The Kier molecular flexibility index (Phi) is 6.11. The quantitative estimate of drug-likeness (QED) is 0.765. The first-order valence-electron chi connectivity index (χ1n) is 5.80. The number of amides is 1. The number of carbonyl (C=O) groups excluding carboxylic acids is 1. The highest BCUT2D eigenvalue weighted by Crippen LogP contribution is 2.29. The minimum atomic E-state index is -0.394. The third-order valence-corrected chi connectivity index (χ3v) is 2.64. The van der Waals surface area contributed by atoms with Crippen molar-refractivity contribution >= 4 is 5.91 Å². The standard InChI is InChI=1S/C13H19NO5/c1-17-8-9(18-2)7-14-13(16)10-5-4-6-11(19-3)12(10)15/h4-6,9,15H,7-8H2,1-3H3,(H,14,16). The summed E-state index contributed by atoms with van der Waals surface area (Å²) in [5.41, 5.74) is 0.159. The molecular weight excluding hydrogens is 250 g/mol. The molecule has 0 heterocycles. The van der Waals surface area contributed by atoms with E-state index in [0.29, 0.717) is 13.2 Å². The summed E-state index contributed by atoms with van der Waals surface area (Å²) in [6.45, 7) is 0.667. The largest absolute Gasteiger partial charge is 0.504 e. The normalized spacial score (nSPS) is 11.9. The first-order chi connectivity index (χ1) is 9.13. The third-order valence-electron chi connectivity index (χ3n) is 2.64. The molecule has 2 N–H and O–H groups in total. The third kappa shape index (κ3) is 4.11. The van der Waals surface area contributed by atoms with Crippen molar-refractivity contribution in [1.29, 1.82) is 0 Å². The molecule has 0 fully saturated rings. The molecule has 1 aromatic carbocycles. The van der Waals surface area contributed by atoms with Gasteiger partial charge in [0.15, 0.2) is 11.5 Å². The van der Waals surface area contributed by atoms with Crippen LogP contribution in [-0.4, -0.2) is 51.6 Å². The highest BCUT2D eigenvalue weighted by Gasteiger charge is 2.16. The molecule has 0 aliphatic carbocycles. The van der Waals surface area contributed by atoms with E-state index in [2.05, 4.69) is 5.32 Å². The molecule has 0 bridgehead atoms. The fraction of sp³-hybridized carbons (Fsp3) is 0.462. The molecule has 0 aliphatic rings. The van der Waals surface area contributed by atoms with Crippen molar-refractivity contribution < 1.29 is 24.1 Å². The molecule has 0 aliphatic heterocycles. The summed E-state index contributed by atoms with van der Waals surface area (Å²) in [5, 5.41) is 12.5. The average molecular weight is 269 g/mol. The molecule has 1 unspecified atom stereocenters. The second kappa shape index (κ2) is 7.60. The summed E-state index contributed by atoms with van der Waals surface area (Å²) in [5.74, 6) is -0.314. The number of benzene rings is 1. The maximum absolute atomic E-state index is 11.9. The average Bonchev–Trinajstić information content (AvgIpc) is 2.43. The highest BCUT2D eigenvalue weighted by atomic mass is 16.5. The molecule has 1 amide bonds. The molecule has 0 radical (unpaired) electrons. The predicted molar refractivity (Wildman–Crippen MR) is 69.7 cm³/mol. The van der Waals surface area contributed by atoms with Gasteiger partial charge in [-0.2, -0.15) is 0 Å². The number of ether oxygens (including phenoxy) is 3. The maximum Gasteiger partial charge on any atom is 0.255 e. The molecule has 1 rings (SSSR count). The van der Waals surface area contributed by atoms with Crippen LogP contribution in [0.4, 0.5) is 0 Å². The molecule has 19 heavy (non-hydrogen) atoms. The number of aromatic hydroxyl groups is 1. The van der Waals surface area contributed by atoms with E-state index < -0.39 is 5.91 Å². The van der Waals surface area contributed by atoms with Gasteiger partial charge < -0.3 is 24.6 Å². The van der Waals surface area contributed by atoms with Gasteiger partial charge in [-0.15, -0.1) is 0 Å². The maximum atomic E-state index is 11.9. The van der Waals surface area contributed by atoms with Gasteiger partial charge in [-0.05, 0) is 12.1 Å². The zero-order chi connectivity index (χ0) is 14.3. The van der Waals surface area contributed by atoms with Crippen molar-refractivity contribution in [3.8, 4) is 11.5 Å². The second-order valence-electron chi connectivity index (χ2n) is 3.88. The van der Waals surface area contributed by atoms with Gasteiger partial charge in [0.2, 0.25) is 0 Å². The van der Waals surface area contributed by atoms with Crippen LogP contribution in [0.25, 0.3) is 0 Å². The number of nitrogens with one attached hydrogen (secondary N) is 1. The number of para-hydroxylation sites is 1. The Morgan fingerprint density at radius 1 is 1.37 bits per heavy atom. The van der Waals surface area contributed by atoms with Crippen LogP contribution in [0.2, 0.25) is 0 Å². The predicted octanol–water partition coefficient (Wildman–Crippen LogP) is 0.792. The number of carbonyl (C=O) groups is 1. The molecule has 0 aromatic heterocycles. The minimum Gasteiger partial charge on any atom is -0.504 e. The summed E-state index contributed by atoms with van der Waals surface area (Å²) in [7, 11) is 4.52. The van der Waals surface area contributed by atoms with E-state index in [9.17, 15) is 9.90 Å². The molecule has 0 saturated carbocycles. The van der Waals surface area contributed by atoms with Gasteiger partial charge in [-0.25, -0.2) is 0 Å². The summed E-state index contributed by atoms with van der Waals surface area (Å²) >= 11 is 0. The Bertz CT molecular complexity index is 421.